The van der Waals surface area contributed by atoms with Crippen LogP contribution in [0.1, 0.15) is 35.2 Å². The molecule has 4 heteroatoms. The van der Waals surface area contributed by atoms with Crippen LogP contribution in [0.5, 0.6) is 0 Å². The number of halogens is 2. The van der Waals surface area contributed by atoms with Crippen molar-refractivity contribution in [3.63, 3.8) is 0 Å². The van der Waals surface area contributed by atoms with Gasteiger partial charge in [-0.2, -0.15) is 0 Å². The third-order valence-corrected chi connectivity index (χ3v) is 4.46. The van der Waals surface area contributed by atoms with E-state index in [1.807, 2.05) is 6.92 Å². The highest BCUT2D eigenvalue weighted by Gasteiger charge is 2.14. The van der Waals surface area contributed by atoms with Crippen LogP contribution in [-0.2, 0) is 12.8 Å². The summed E-state index contributed by atoms with van der Waals surface area (Å²) < 4.78 is 26.7. The smallest absolute Gasteiger partial charge is 0.126 e. The summed E-state index contributed by atoms with van der Waals surface area (Å²) in [5, 5.41) is 3.30. The summed E-state index contributed by atoms with van der Waals surface area (Å²) >= 11 is 1.76. The fourth-order valence-corrected chi connectivity index (χ4v) is 3.26. The van der Waals surface area contributed by atoms with Gasteiger partial charge < -0.3 is 5.32 Å². The standard InChI is InChI=1S/C16H19F2NS/c1-3-14-5-6-15(20-14)10-16(19-4-2)11-7-12(17)9-13(18)8-11/h5-9,16,19H,3-4,10H2,1-2H3. The van der Waals surface area contributed by atoms with Crippen molar-refractivity contribution >= 4 is 11.3 Å². The molecule has 2 rings (SSSR count). The van der Waals surface area contributed by atoms with E-state index in [9.17, 15) is 8.78 Å². The quantitative estimate of drug-likeness (QED) is 0.828. The molecular weight excluding hydrogens is 276 g/mol. The highest BCUT2D eigenvalue weighted by Crippen LogP contribution is 2.25. The SMILES string of the molecule is CCNC(Cc1ccc(CC)s1)c1cc(F)cc(F)c1. The monoisotopic (exact) mass is 295 g/mol. The van der Waals surface area contributed by atoms with Crippen LogP contribution >= 0.6 is 11.3 Å². The molecule has 0 aliphatic carbocycles. The lowest BCUT2D eigenvalue weighted by Gasteiger charge is -2.18. The molecule has 0 amide bonds. The Kier molecular flexibility index (Phi) is 5.26. The average molecular weight is 295 g/mol. The zero-order valence-corrected chi connectivity index (χ0v) is 12.6. The maximum Gasteiger partial charge on any atom is 0.126 e. The average Bonchev–Trinajstić information content (AvgIpc) is 2.85. The third kappa shape index (κ3) is 3.87. The van der Waals surface area contributed by atoms with E-state index in [-0.39, 0.29) is 6.04 Å². The lowest BCUT2D eigenvalue weighted by molar-refractivity contribution is 0.531. The molecular formula is C16H19F2NS. The van der Waals surface area contributed by atoms with Crippen molar-refractivity contribution in [1.82, 2.24) is 5.32 Å². The summed E-state index contributed by atoms with van der Waals surface area (Å²) in [5.41, 5.74) is 0.663. The zero-order valence-electron chi connectivity index (χ0n) is 11.7. The molecule has 1 aromatic heterocycles. The van der Waals surface area contributed by atoms with Crippen LogP contribution < -0.4 is 5.32 Å². The highest BCUT2D eigenvalue weighted by molar-refractivity contribution is 7.11. The van der Waals surface area contributed by atoms with Gasteiger partial charge in [0, 0.05) is 28.3 Å². The minimum Gasteiger partial charge on any atom is -0.310 e. The normalized spacial score (nSPS) is 12.6. The second-order valence-electron chi connectivity index (χ2n) is 4.74. The Balaban J connectivity index is 2.21. The van der Waals surface area contributed by atoms with Crippen LogP contribution in [0.2, 0.25) is 0 Å². The van der Waals surface area contributed by atoms with E-state index < -0.39 is 11.6 Å². The van der Waals surface area contributed by atoms with Gasteiger partial charge in [0.05, 0.1) is 0 Å². The van der Waals surface area contributed by atoms with E-state index in [0.717, 1.165) is 25.5 Å². The fraction of sp³-hybridized carbons (Fsp3) is 0.375. The van der Waals surface area contributed by atoms with Gasteiger partial charge in [0.2, 0.25) is 0 Å². The minimum absolute atomic E-state index is 0.0615. The Labute approximate surface area is 122 Å². The molecule has 0 fully saturated rings. The molecule has 1 heterocycles. The molecule has 20 heavy (non-hydrogen) atoms. The van der Waals surface area contributed by atoms with E-state index >= 15 is 0 Å². The molecule has 1 N–H and O–H groups in total. The van der Waals surface area contributed by atoms with Crippen LogP contribution in [0.3, 0.4) is 0 Å². The second kappa shape index (κ2) is 6.95. The molecule has 108 valence electrons. The Hall–Kier alpha value is -1.26. The first-order valence-corrected chi connectivity index (χ1v) is 7.71. The minimum atomic E-state index is -0.525. The zero-order chi connectivity index (χ0) is 14.5. The molecule has 1 aromatic carbocycles. The predicted octanol–water partition coefficient (Wildman–Crippen LogP) is 4.48. The highest BCUT2D eigenvalue weighted by atomic mass is 32.1. The number of benzene rings is 1. The summed E-state index contributed by atoms with van der Waals surface area (Å²) in [4.78, 5) is 2.57. The van der Waals surface area contributed by atoms with E-state index in [1.165, 1.54) is 21.9 Å². The van der Waals surface area contributed by atoms with Gasteiger partial charge in [-0.15, -0.1) is 11.3 Å². The number of aryl methyl sites for hydroxylation is 1. The van der Waals surface area contributed by atoms with Crippen molar-refractivity contribution in [2.24, 2.45) is 0 Å². The van der Waals surface area contributed by atoms with Crippen molar-refractivity contribution in [2.75, 3.05) is 6.54 Å². The number of nitrogens with one attached hydrogen (secondary N) is 1. The topological polar surface area (TPSA) is 12.0 Å². The van der Waals surface area contributed by atoms with Gasteiger partial charge in [-0.1, -0.05) is 13.8 Å². The third-order valence-electron chi connectivity index (χ3n) is 3.21. The van der Waals surface area contributed by atoms with Crippen LogP contribution in [0.25, 0.3) is 0 Å². The van der Waals surface area contributed by atoms with Gasteiger partial charge in [-0.05, 0) is 42.8 Å². The van der Waals surface area contributed by atoms with Crippen LogP contribution in [0, 0.1) is 11.6 Å². The van der Waals surface area contributed by atoms with Gasteiger partial charge >= 0.3 is 0 Å². The molecule has 0 radical (unpaired) electrons. The molecule has 1 unspecified atom stereocenters. The lowest BCUT2D eigenvalue weighted by atomic mass is 10.0. The van der Waals surface area contributed by atoms with Crippen molar-refractivity contribution in [1.29, 1.82) is 0 Å². The molecule has 0 aliphatic heterocycles. The largest absolute Gasteiger partial charge is 0.310 e. The van der Waals surface area contributed by atoms with Crippen molar-refractivity contribution in [3.05, 3.63) is 57.3 Å². The summed E-state index contributed by atoms with van der Waals surface area (Å²) in [6, 6.07) is 7.88. The summed E-state index contributed by atoms with van der Waals surface area (Å²) in [6.07, 6.45) is 1.77. The summed E-state index contributed by atoms with van der Waals surface area (Å²) in [5.74, 6) is -1.05. The number of rotatable bonds is 6. The fourth-order valence-electron chi connectivity index (χ4n) is 2.25. The van der Waals surface area contributed by atoms with E-state index in [1.54, 1.807) is 11.3 Å². The Morgan fingerprint density at radius 2 is 1.70 bits per heavy atom. The lowest BCUT2D eigenvalue weighted by Crippen LogP contribution is -2.23. The summed E-state index contributed by atoms with van der Waals surface area (Å²) in [7, 11) is 0. The van der Waals surface area contributed by atoms with Crippen LogP contribution in [0.15, 0.2) is 30.3 Å². The molecule has 1 nitrogen and oxygen atoms in total. The van der Waals surface area contributed by atoms with E-state index in [2.05, 4.69) is 24.4 Å². The first-order valence-electron chi connectivity index (χ1n) is 6.89. The van der Waals surface area contributed by atoms with Crippen LogP contribution in [-0.4, -0.2) is 6.54 Å². The number of hydrogen-bond donors (Lipinski definition) is 1. The number of thiophene rings is 1. The number of likely N-dealkylation sites (N-methyl/N-ethyl adjacent to an activating group) is 1. The van der Waals surface area contributed by atoms with Gasteiger partial charge in [0.15, 0.2) is 0 Å². The maximum atomic E-state index is 13.4. The van der Waals surface area contributed by atoms with Crippen molar-refractivity contribution in [2.45, 2.75) is 32.7 Å². The molecule has 0 aliphatic rings. The van der Waals surface area contributed by atoms with Crippen LogP contribution in [0.4, 0.5) is 8.78 Å². The molecule has 1 atom stereocenters. The van der Waals surface area contributed by atoms with Crippen molar-refractivity contribution in [3.8, 4) is 0 Å². The van der Waals surface area contributed by atoms with Gasteiger partial charge in [0.1, 0.15) is 11.6 Å². The Morgan fingerprint density at radius 1 is 1.05 bits per heavy atom. The number of hydrogen-bond acceptors (Lipinski definition) is 2. The van der Waals surface area contributed by atoms with E-state index in [0.29, 0.717) is 5.56 Å². The van der Waals surface area contributed by atoms with Crippen molar-refractivity contribution < 1.29 is 8.78 Å². The first kappa shape index (κ1) is 15.1. The molecule has 0 bridgehead atoms. The second-order valence-corrected chi connectivity index (χ2v) is 5.99. The maximum absolute atomic E-state index is 13.4. The molecule has 0 spiro atoms. The summed E-state index contributed by atoms with van der Waals surface area (Å²) in [6.45, 7) is 4.88. The predicted molar refractivity (Wildman–Crippen MR) is 80.2 cm³/mol. The van der Waals surface area contributed by atoms with Gasteiger partial charge in [-0.3, -0.25) is 0 Å². The van der Waals surface area contributed by atoms with E-state index in [4.69, 9.17) is 0 Å². The van der Waals surface area contributed by atoms with Gasteiger partial charge in [-0.25, -0.2) is 8.78 Å². The molecule has 2 aromatic rings. The molecule has 0 saturated heterocycles. The molecule has 0 saturated carbocycles. The Bertz CT molecular complexity index is 545. The first-order chi connectivity index (χ1) is 9.62. The van der Waals surface area contributed by atoms with Gasteiger partial charge in [0.25, 0.3) is 0 Å². The Morgan fingerprint density at radius 3 is 2.25 bits per heavy atom.